The van der Waals surface area contributed by atoms with Crippen molar-refractivity contribution in [3.8, 4) is 0 Å². The molecular formula is C12H17N3O2. The average Bonchev–Trinajstić information content (AvgIpc) is 2.18. The third kappa shape index (κ3) is 5.01. The number of benzene rings is 1. The molecule has 1 amide bonds. The van der Waals surface area contributed by atoms with E-state index in [1.54, 1.807) is 24.3 Å². The largest absolute Gasteiger partial charge is 0.444 e. The van der Waals surface area contributed by atoms with E-state index in [4.69, 9.17) is 10.6 Å². The average molecular weight is 235 g/mol. The minimum atomic E-state index is -0.504. The Morgan fingerprint density at radius 3 is 2.41 bits per heavy atom. The highest BCUT2D eigenvalue weighted by Gasteiger charge is 2.15. The number of ether oxygens (including phenoxy) is 1. The van der Waals surface area contributed by atoms with E-state index in [1.807, 2.05) is 20.8 Å². The highest BCUT2D eigenvalue weighted by atomic mass is 16.6. The van der Waals surface area contributed by atoms with E-state index in [0.29, 0.717) is 5.69 Å². The quantitative estimate of drug-likeness (QED) is 0.469. The van der Waals surface area contributed by atoms with Crippen LogP contribution >= 0.6 is 0 Å². The molecule has 0 spiro atoms. The zero-order chi connectivity index (χ0) is 12.9. The Morgan fingerprint density at radius 1 is 1.35 bits per heavy atom. The first-order valence-electron chi connectivity index (χ1n) is 5.24. The molecule has 0 atom stereocenters. The number of nitrogens with two attached hydrogens (primary N) is 1. The van der Waals surface area contributed by atoms with Gasteiger partial charge in [-0.3, -0.25) is 5.32 Å². The summed E-state index contributed by atoms with van der Waals surface area (Å²) in [4.78, 5) is 11.5. The van der Waals surface area contributed by atoms with Gasteiger partial charge in [0.1, 0.15) is 5.60 Å². The number of hydrogen-bond acceptors (Lipinski definition) is 4. The molecule has 0 heterocycles. The molecule has 0 aliphatic heterocycles. The summed E-state index contributed by atoms with van der Waals surface area (Å²) < 4.78 is 5.12. The number of hydrazone groups is 1. The topological polar surface area (TPSA) is 76.7 Å². The maximum absolute atomic E-state index is 11.5. The van der Waals surface area contributed by atoms with Gasteiger partial charge < -0.3 is 10.6 Å². The third-order valence-corrected chi connectivity index (χ3v) is 1.78. The van der Waals surface area contributed by atoms with Crippen molar-refractivity contribution < 1.29 is 9.53 Å². The predicted molar refractivity (Wildman–Crippen MR) is 68.1 cm³/mol. The number of nitrogens with zero attached hydrogens (tertiary/aromatic N) is 1. The number of anilines is 1. The van der Waals surface area contributed by atoms with Crippen LogP contribution in [0.25, 0.3) is 0 Å². The Balaban J connectivity index is 2.60. The van der Waals surface area contributed by atoms with E-state index in [9.17, 15) is 4.79 Å². The van der Waals surface area contributed by atoms with Crippen LogP contribution in [-0.2, 0) is 4.74 Å². The maximum Gasteiger partial charge on any atom is 0.412 e. The van der Waals surface area contributed by atoms with Crippen LogP contribution in [0.5, 0.6) is 0 Å². The minimum Gasteiger partial charge on any atom is -0.444 e. The molecule has 5 nitrogen and oxygen atoms in total. The van der Waals surface area contributed by atoms with Gasteiger partial charge in [0.25, 0.3) is 0 Å². The van der Waals surface area contributed by atoms with E-state index < -0.39 is 11.7 Å². The molecule has 1 aromatic carbocycles. The van der Waals surface area contributed by atoms with E-state index in [-0.39, 0.29) is 0 Å². The fraction of sp³-hybridized carbons (Fsp3) is 0.333. The Morgan fingerprint density at radius 2 is 1.94 bits per heavy atom. The summed E-state index contributed by atoms with van der Waals surface area (Å²) in [7, 11) is 0. The summed E-state index contributed by atoms with van der Waals surface area (Å²) in [6.45, 7) is 5.44. The van der Waals surface area contributed by atoms with Gasteiger partial charge in [-0.2, -0.15) is 5.10 Å². The van der Waals surface area contributed by atoms with Crippen molar-refractivity contribution in [2.24, 2.45) is 10.9 Å². The Kier molecular flexibility index (Phi) is 4.09. The lowest BCUT2D eigenvalue weighted by Gasteiger charge is -2.19. The Bertz CT molecular complexity index is 405. The zero-order valence-corrected chi connectivity index (χ0v) is 10.2. The van der Waals surface area contributed by atoms with Crippen LogP contribution in [0.3, 0.4) is 0 Å². The summed E-state index contributed by atoms with van der Waals surface area (Å²) in [5, 5.41) is 6.04. The van der Waals surface area contributed by atoms with Crippen LogP contribution in [0.2, 0.25) is 0 Å². The Hall–Kier alpha value is -2.04. The van der Waals surface area contributed by atoms with E-state index >= 15 is 0 Å². The van der Waals surface area contributed by atoms with E-state index in [1.165, 1.54) is 6.21 Å². The number of hydrogen-bond donors (Lipinski definition) is 2. The molecular weight excluding hydrogens is 218 g/mol. The molecule has 0 saturated heterocycles. The second-order valence-electron chi connectivity index (χ2n) is 4.53. The van der Waals surface area contributed by atoms with Crippen molar-refractivity contribution in [2.45, 2.75) is 26.4 Å². The zero-order valence-electron chi connectivity index (χ0n) is 10.2. The lowest BCUT2D eigenvalue weighted by atomic mass is 10.2. The van der Waals surface area contributed by atoms with Crippen molar-refractivity contribution in [1.82, 2.24) is 0 Å². The van der Waals surface area contributed by atoms with Crippen LogP contribution in [0, 0.1) is 0 Å². The van der Waals surface area contributed by atoms with Crippen molar-refractivity contribution in [3.63, 3.8) is 0 Å². The molecule has 0 unspecified atom stereocenters. The van der Waals surface area contributed by atoms with Crippen LogP contribution in [-0.4, -0.2) is 17.9 Å². The summed E-state index contributed by atoms with van der Waals surface area (Å²) in [5.41, 5.74) is 1.02. The predicted octanol–water partition coefficient (Wildman–Crippen LogP) is 2.33. The molecule has 0 aliphatic carbocycles. The normalized spacial score (nSPS) is 11.5. The van der Waals surface area contributed by atoms with Crippen molar-refractivity contribution in [1.29, 1.82) is 0 Å². The summed E-state index contributed by atoms with van der Waals surface area (Å²) in [6.07, 6.45) is 1.05. The first-order chi connectivity index (χ1) is 7.90. The van der Waals surface area contributed by atoms with E-state index in [2.05, 4.69) is 10.4 Å². The van der Waals surface area contributed by atoms with Gasteiger partial charge in [-0.1, -0.05) is 12.1 Å². The smallest absolute Gasteiger partial charge is 0.412 e. The Labute approximate surface area is 101 Å². The number of amides is 1. The molecule has 1 rings (SSSR count). The molecule has 0 aromatic heterocycles. The molecule has 3 N–H and O–H groups in total. The van der Waals surface area contributed by atoms with Crippen LogP contribution < -0.4 is 11.2 Å². The van der Waals surface area contributed by atoms with Gasteiger partial charge in [-0.15, -0.1) is 0 Å². The van der Waals surface area contributed by atoms with E-state index in [0.717, 1.165) is 5.56 Å². The monoisotopic (exact) mass is 235 g/mol. The maximum atomic E-state index is 11.5. The summed E-state index contributed by atoms with van der Waals surface area (Å²) in [6, 6.07) is 7.09. The number of carbonyl (C=O) groups is 1. The molecule has 17 heavy (non-hydrogen) atoms. The number of nitrogens with one attached hydrogen (secondary N) is 1. The van der Waals surface area contributed by atoms with Gasteiger partial charge in [0.05, 0.1) is 6.21 Å². The number of rotatable bonds is 2. The standard InChI is InChI=1S/C12H17N3O2/c1-12(2,3)17-11(16)15-10-6-4-9(5-7-10)8-14-13/h4-8H,13H2,1-3H3,(H,15,16)/b14-8+. The third-order valence-electron chi connectivity index (χ3n) is 1.78. The fourth-order valence-electron chi connectivity index (χ4n) is 1.16. The summed E-state index contributed by atoms with van der Waals surface area (Å²) >= 11 is 0. The molecule has 0 fully saturated rings. The lowest BCUT2D eigenvalue weighted by molar-refractivity contribution is 0.0636. The fourth-order valence-corrected chi connectivity index (χ4v) is 1.16. The second kappa shape index (κ2) is 5.34. The van der Waals surface area contributed by atoms with Gasteiger partial charge in [-0.05, 0) is 38.5 Å². The SMILES string of the molecule is CC(C)(C)OC(=O)Nc1ccc(/C=N/N)cc1. The van der Waals surface area contributed by atoms with Crippen LogP contribution in [0.4, 0.5) is 10.5 Å². The molecule has 0 bridgehead atoms. The van der Waals surface area contributed by atoms with Crippen LogP contribution in [0.15, 0.2) is 29.4 Å². The molecule has 0 aliphatic rings. The second-order valence-corrected chi connectivity index (χ2v) is 4.53. The number of carbonyl (C=O) groups excluding carboxylic acids is 1. The van der Waals surface area contributed by atoms with Crippen molar-refractivity contribution in [2.75, 3.05) is 5.32 Å². The highest BCUT2D eigenvalue weighted by Crippen LogP contribution is 2.12. The first kappa shape index (κ1) is 13.0. The highest BCUT2D eigenvalue weighted by molar-refractivity contribution is 5.86. The van der Waals surface area contributed by atoms with Gasteiger partial charge in [0.15, 0.2) is 0 Å². The van der Waals surface area contributed by atoms with Gasteiger partial charge in [0.2, 0.25) is 0 Å². The molecule has 5 heteroatoms. The van der Waals surface area contributed by atoms with Crippen LogP contribution in [0.1, 0.15) is 26.3 Å². The first-order valence-corrected chi connectivity index (χ1v) is 5.24. The summed E-state index contributed by atoms with van der Waals surface area (Å²) in [5.74, 6) is 5.03. The molecule has 0 saturated carbocycles. The molecule has 0 radical (unpaired) electrons. The van der Waals surface area contributed by atoms with Crippen molar-refractivity contribution >= 4 is 18.0 Å². The van der Waals surface area contributed by atoms with Gasteiger partial charge in [-0.25, -0.2) is 4.79 Å². The van der Waals surface area contributed by atoms with Gasteiger partial charge in [0, 0.05) is 5.69 Å². The molecule has 1 aromatic rings. The molecule has 92 valence electrons. The van der Waals surface area contributed by atoms with Crippen molar-refractivity contribution in [3.05, 3.63) is 29.8 Å². The minimum absolute atomic E-state index is 0.474. The van der Waals surface area contributed by atoms with Gasteiger partial charge >= 0.3 is 6.09 Å². The lowest BCUT2D eigenvalue weighted by Crippen LogP contribution is -2.27.